The van der Waals surface area contributed by atoms with E-state index in [4.69, 9.17) is 28.9 Å². The van der Waals surface area contributed by atoms with Gasteiger partial charge < -0.3 is 20.9 Å². The topological polar surface area (TPSA) is 104 Å². The molecule has 7 nitrogen and oxygen atoms in total. The molecular formula is C18H21Cl2N5O2. The Morgan fingerprint density at radius 1 is 1.26 bits per heavy atom. The van der Waals surface area contributed by atoms with Crippen LogP contribution in [0.5, 0.6) is 0 Å². The number of pyridine rings is 1. The Morgan fingerprint density at radius 2 is 1.93 bits per heavy atom. The van der Waals surface area contributed by atoms with Gasteiger partial charge in [-0.05, 0) is 44.4 Å². The summed E-state index contributed by atoms with van der Waals surface area (Å²) in [6.45, 7) is 5.02. The number of anilines is 1. The molecule has 1 saturated heterocycles. The van der Waals surface area contributed by atoms with Crippen LogP contribution in [0, 0.1) is 13.8 Å². The van der Waals surface area contributed by atoms with Crippen molar-refractivity contribution in [2.75, 3.05) is 18.0 Å². The first-order valence-electron chi connectivity index (χ1n) is 8.64. The first kappa shape index (κ1) is 19.5. The zero-order chi connectivity index (χ0) is 19.7. The number of carbonyl (C=O) groups is 2. The van der Waals surface area contributed by atoms with E-state index in [0.29, 0.717) is 35.2 Å². The Kier molecular flexibility index (Phi) is 5.62. The highest BCUT2D eigenvalue weighted by Crippen LogP contribution is 2.24. The summed E-state index contributed by atoms with van der Waals surface area (Å²) in [6, 6.07) is 3.14. The van der Waals surface area contributed by atoms with Crippen molar-refractivity contribution in [3.8, 4) is 0 Å². The van der Waals surface area contributed by atoms with Gasteiger partial charge in [-0.2, -0.15) is 0 Å². The molecule has 0 unspecified atom stereocenters. The molecule has 0 radical (unpaired) electrons. The van der Waals surface area contributed by atoms with Crippen LogP contribution in [0.15, 0.2) is 12.1 Å². The minimum Gasteiger partial charge on any atom is -0.366 e. The van der Waals surface area contributed by atoms with E-state index < -0.39 is 5.91 Å². The number of aryl methyl sites for hydroxylation is 1. The maximum Gasteiger partial charge on any atom is 0.268 e. The molecule has 0 aromatic carbocycles. The molecule has 144 valence electrons. The van der Waals surface area contributed by atoms with E-state index in [-0.39, 0.29) is 17.1 Å². The van der Waals surface area contributed by atoms with Crippen LogP contribution in [0.4, 0.5) is 5.82 Å². The van der Waals surface area contributed by atoms with E-state index >= 15 is 0 Å². The van der Waals surface area contributed by atoms with Gasteiger partial charge >= 0.3 is 0 Å². The van der Waals surface area contributed by atoms with Crippen molar-refractivity contribution in [2.45, 2.75) is 32.7 Å². The number of aromatic amines is 1. The second kappa shape index (κ2) is 7.78. The van der Waals surface area contributed by atoms with Crippen molar-refractivity contribution in [1.29, 1.82) is 0 Å². The van der Waals surface area contributed by atoms with Gasteiger partial charge in [0.2, 0.25) is 5.91 Å². The van der Waals surface area contributed by atoms with E-state index in [0.717, 1.165) is 24.1 Å². The van der Waals surface area contributed by atoms with Gasteiger partial charge in [0.05, 0.1) is 5.02 Å². The van der Waals surface area contributed by atoms with Gasteiger partial charge in [0, 0.05) is 30.4 Å². The van der Waals surface area contributed by atoms with Crippen molar-refractivity contribution in [2.24, 2.45) is 5.73 Å². The molecule has 3 rings (SSSR count). The summed E-state index contributed by atoms with van der Waals surface area (Å²) in [5, 5.41) is 3.87. The predicted molar refractivity (Wildman–Crippen MR) is 106 cm³/mol. The predicted octanol–water partition coefficient (Wildman–Crippen LogP) is 2.83. The van der Waals surface area contributed by atoms with Gasteiger partial charge in [0.1, 0.15) is 16.7 Å². The Balaban J connectivity index is 1.63. The average Bonchev–Trinajstić information content (AvgIpc) is 2.89. The number of nitrogens with zero attached hydrogens (tertiary/aromatic N) is 2. The van der Waals surface area contributed by atoms with Crippen molar-refractivity contribution >= 4 is 40.8 Å². The quantitative estimate of drug-likeness (QED) is 0.675. The Morgan fingerprint density at radius 3 is 2.48 bits per heavy atom. The third-order valence-corrected chi connectivity index (χ3v) is 5.55. The molecule has 1 aliphatic rings. The molecule has 2 amide bonds. The fraction of sp³-hybridized carbons (Fsp3) is 0.389. The van der Waals surface area contributed by atoms with Crippen LogP contribution >= 0.6 is 23.2 Å². The van der Waals surface area contributed by atoms with Crippen LogP contribution in [0.2, 0.25) is 10.2 Å². The van der Waals surface area contributed by atoms with E-state index in [9.17, 15) is 9.59 Å². The molecule has 4 N–H and O–H groups in total. The van der Waals surface area contributed by atoms with Gasteiger partial charge in [0.25, 0.3) is 5.91 Å². The highest BCUT2D eigenvalue weighted by molar-refractivity contribution is 6.32. The normalized spacial score (nSPS) is 15.0. The summed E-state index contributed by atoms with van der Waals surface area (Å²) in [5.41, 5.74) is 7.70. The molecule has 1 fully saturated rings. The van der Waals surface area contributed by atoms with E-state index in [1.807, 2.05) is 18.7 Å². The van der Waals surface area contributed by atoms with E-state index in [1.54, 1.807) is 6.07 Å². The summed E-state index contributed by atoms with van der Waals surface area (Å²) in [6.07, 6.45) is 1.50. The number of amides is 2. The van der Waals surface area contributed by atoms with Crippen molar-refractivity contribution < 1.29 is 9.59 Å². The minimum absolute atomic E-state index is 0.0466. The third-order valence-electron chi connectivity index (χ3n) is 4.79. The number of H-pyrrole nitrogens is 1. The van der Waals surface area contributed by atoms with Gasteiger partial charge in [-0.1, -0.05) is 23.2 Å². The Labute approximate surface area is 167 Å². The van der Waals surface area contributed by atoms with Gasteiger partial charge in [0.15, 0.2) is 0 Å². The largest absolute Gasteiger partial charge is 0.366 e. The summed E-state index contributed by atoms with van der Waals surface area (Å²) in [4.78, 5) is 33.3. The van der Waals surface area contributed by atoms with Crippen molar-refractivity contribution in [1.82, 2.24) is 15.3 Å². The molecule has 3 heterocycles. The molecule has 0 atom stereocenters. The summed E-state index contributed by atoms with van der Waals surface area (Å²) >= 11 is 12.1. The lowest BCUT2D eigenvalue weighted by molar-refractivity contribution is 0.0925. The average molecular weight is 410 g/mol. The molecule has 2 aromatic rings. The zero-order valence-corrected chi connectivity index (χ0v) is 16.6. The van der Waals surface area contributed by atoms with Gasteiger partial charge in [-0.15, -0.1) is 0 Å². The number of halogens is 2. The van der Waals surface area contributed by atoms with Crippen LogP contribution in [0.1, 0.15) is 44.9 Å². The molecular weight excluding hydrogens is 389 g/mol. The van der Waals surface area contributed by atoms with Crippen LogP contribution in [0.25, 0.3) is 0 Å². The minimum atomic E-state index is -0.544. The number of nitrogens with one attached hydrogen (secondary N) is 2. The molecule has 0 spiro atoms. The summed E-state index contributed by atoms with van der Waals surface area (Å²) in [5.74, 6) is -0.0838. The van der Waals surface area contributed by atoms with Crippen molar-refractivity contribution in [3.63, 3.8) is 0 Å². The molecule has 27 heavy (non-hydrogen) atoms. The number of nitrogens with two attached hydrogens (primary N) is 1. The third kappa shape index (κ3) is 4.20. The SMILES string of the molecule is Cc1[nH]c(C(=O)NC2CCN(c3cc(C(N)=O)cc(Cl)n3)CC2)c(C)c1Cl. The number of piperidine rings is 1. The fourth-order valence-electron chi connectivity index (χ4n) is 3.25. The van der Waals surface area contributed by atoms with E-state index in [2.05, 4.69) is 15.3 Å². The van der Waals surface area contributed by atoms with Crippen molar-refractivity contribution in [3.05, 3.63) is 44.8 Å². The lowest BCUT2D eigenvalue weighted by atomic mass is 10.0. The van der Waals surface area contributed by atoms with Crippen LogP contribution in [0.3, 0.4) is 0 Å². The van der Waals surface area contributed by atoms with Gasteiger partial charge in [-0.3, -0.25) is 9.59 Å². The molecule has 1 aliphatic heterocycles. The number of hydrogen-bond acceptors (Lipinski definition) is 4. The lowest BCUT2D eigenvalue weighted by Crippen LogP contribution is -2.45. The maximum absolute atomic E-state index is 12.5. The second-order valence-electron chi connectivity index (χ2n) is 6.70. The first-order valence-corrected chi connectivity index (χ1v) is 9.39. The zero-order valence-electron chi connectivity index (χ0n) is 15.1. The highest BCUT2D eigenvalue weighted by atomic mass is 35.5. The summed E-state index contributed by atoms with van der Waals surface area (Å²) < 4.78 is 0. The standard InChI is InChI=1S/C18H21Cl2N5O2/c1-9-15(20)10(2)22-16(9)18(27)23-12-3-5-25(6-4-12)14-8-11(17(21)26)7-13(19)24-14/h7-8,12,22H,3-6H2,1-2H3,(H2,21,26)(H,23,27). The number of rotatable bonds is 4. The number of aromatic nitrogens is 2. The molecule has 0 bridgehead atoms. The molecule has 9 heteroatoms. The van der Waals surface area contributed by atoms with Crippen LogP contribution < -0.4 is 16.0 Å². The Hall–Kier alpha value is -2.25. The van der Waals surface area contributed by atoms with E-state index in [1.165, 1.54) is 6.07 Å². The number of hydrogen-bond donors (Lipinski definition) is 3. The molecule has 0 aliphatic carbocycles. The van der Waals surface area contributed by atoms with Gasteiger partial charge in [-0.25, -0.2) is 4.98 Å². The maximum atomic E-state index is 12.5. The van der Waals surface area contributed by atoms with Crippen LogP contribution in [-0.4, -0.2) is 40.9 Å². The molecule has 0 saturated carbocycles. The fourth-order valence-corrected chi connectivity index (χ4v) is 3.60. The Bertz CT molecular complexity index is 888. The first-order chi connectivity index (χ1) is 12.8. The second-order valence-corrected chi connectivity index (χ2v) is 7.46. The highest BCUT2D eigenvalue weighted by Gasteiger charge is 2.24. The smallest absolute Gasteiger partial charge is 0.268 e. The molecule has 2 aromatic heterocycles. The summed E-state index contributed by atoms with van der Waals surface area (Å²) in [7, 11) is 0. The monoisotopic (exact) mass is 409 g/mol. The number of primary amides is 1. The number of carbonyl (C=O) groups excluding carboxylic acids is 2. The lowest BCUT2D eigenvalue weighted by Gasteiger charge is -2.33. The van der Waals surface area contributed by atoms with Crippen LogP contribution in [-0.2, 0) is 0 Å².